The fourth-order valence-corrected chi connectivity index (χ4v) is 1.78. The van der Waals surface area contributed by atoms with Gasteiger partial charge in [0.25, 0.3) is 0 Å². The lowest BCUT2D eigenvalue weighted by atomic mass is 10.4. The summed E-state index contributed by atoms with van der Waals surface area (Å²) in [6.07, 6.45) is 3.89. The largest absolute Gasteiger partial charge is 0.467 e. The molecule has 0 atom stereocenters. The van der Waals surface area contributed by atoms with Crippen molar-refractivity contribution in [1.29, 1.82) is 0 Å². The van der Waals surface area contributed by atoms with Crippen LogP contribution in [0.25, 0.3) is 0 Å². The number of amides is 1. The van der Waals surface area contributed by atoms with E-state index in [1.807, 2.05) is 17.0 Å². The van der Waals surface area contributed by atoms with Crippen molar-refractivity contribution in [3.05, 3.63) is 24.2 Å². The molecule has 4 heteroatoms. The second-order valence-electron chi connectivity index (χ2n) is 3.47. The maximum absolute atomic E-state index is 11.6. The predicted octanol–water partition coefficient (Wildman–Crippen LogP) is 2.17. The topological polar surface area (TPSA) is 33.5 Å². The van der Waals surface area contributed by atoms with E-state index in [0.717, 1.165) is 18.6 Å². The van der Waals surface area contributed by atoms with Gasteiger partial charge in [0.2, 0.25) is 5.91 Å². The van der Waals surface area contributed by atoms with E-state index in [0.29, 0.717) is 17.9 Å². The highest BCUT2D eigenvalue weighted by Crippen LogP contribution is 2.28. The number of rotatable bonds is 4. The predicted molar refractivity (Wildman–Crippen MR) is 56.1 cm³/mol. The molecule has 0 N–H and O–H groups in total. The van der Waals surface area contributed by atoms with E-state index in [1.54, 1.807) is 6.26 Å². The molecular formula is C10H12BrNO2. The van der Waals surface area contributed by atoms with Gasteiger partial charge in [-0.05, 0) is 25.0 Å². The minimum Gasteiger partial charge on any atom is -0.467 e. The Bertz CT molecular complexity index is 306. The number of carbonyl (C=O) groups is 1. The zero-order valence-corrected chi connectivity index (χ0v) is 9.37. The van der Waals surface area contributed by atoms with Crippen LogP contribution in [0.2, 0.25) is 0 Å². The van der Waals surface area contributed by atoms with E-state index in [9.17, 15) is 4.79 Å². The number of nitrogens with zero attached hydrogens (tertiary/aromatic N) is 1. The Balaban J connectivity index is 2.00. The summed E-state index contributed by atoms with van der Waals surface area (Å²) >= 11 is 3.19. The number of furan rings is 1. The summed E-state index contributed by atoms with van der Waals surface area (Å²) in [4.78, 5) is 13.4. The number of alkyl halides is 1. The Morgan fingerprint density at radius 2 is 2.43 bits per heavy atom. The minimum atomic E-state index is 0.143. The van der Waals surface area contributed by atoms with Crippen LogP contribution in [0.5, 0.6) is 0 Å². The number of carbonyl (C=O) groups excluding carboxylic acids is 1. The third kappa shape index (κ3) is 2.18. The quantitative estimate of drug-likeness (QED) is 0.775. The van der Waals surface area contributed by atoms with E-state index in [2.05, 4.69) is 15.9 Å². The van der Waals surface area contributed by atoms with Crippen LogP contribution in [-0.2, 0) is 11.3 Å². The molecule has 1 heterocycles. The van der Waals surface area contributed by atoms with Crippen LogP contribution in [0.4, 0.5) is 0 Å². The van der Waals surface area contributed by atoms with Crippen molar-refractivity contribution < 1.29 is 9.21 Å². The Kier molecular flexibility index (Phi) is 2.91. The van der Waals surface area contributed by atoms with Gasteiger partial charge in [-0.15, -0.1) is 0 Å². The lowest BCUT2D eigenvalue weighted by molar-refractivity contribution is -0.129. The van der Waals surface area contributed by atoms with Gasteiger partial charge >= 0.3 is 0 Å². The van der Waals surface area contributed by atoms with Gasteiger partial charge in [0.15, 0.2) is 0 Å². The second kappa shape index (κ2) is 4.17. The van der Waals surface area contributed by atoms with Gasteiger partial charge in [-0.3, -0.25) is 4.79 Å². The first-order chi connectivity index (χ1) is 6.81. The van der Waals surface area contributed by atoms with Crippen molar-refractivity contribution in [1.82, 2.24) is 4.90 Å². The third-order valence-electron chi connectivity index (χ3n) is 2.33. The first-order valence-electron chi connectivity index (χ1n) is 4.69. The smallest absolute Gasteiger partial charge is 0.233 e. The Labute approximate surface area is 91.2 Å². The van der Waals surface area contributed by atoms with Crippen molar-refractivity contribution in [3.63, 3.8) is 0 Å². The maximum atomic E-state index is 11.6. The van der Waals surface area contributed by atoms with Gasteiger partial charge in [-0.25, -0.2) is 0 Å². The van der Waals surface area contributed by atoms with E-state index in [4.69, 9.17) is 4.42 Å². The molecule has 1 amide bonds. The number of hydrogen-bond donors (Lipinski definition) is 0. The molecule has 1 aromatic rings. The summed E-state index contributed by atoms with van der Waals surface area (Å²) in [5.41, 5.74) is 0. The highest BCUT2D eigenvalue weighted by Gasteiger charge is 2.32. The maximum Gasteiger partial charge on any atom is 0.233 e. The molecule has 1 aromatic heterocycles. The van der Waals surface area contributed by atoms with Gasteiger partial charge in [-0.2, -0.15) is 0 Å². The van der Waals surface area contributed by atoms with Crippen LogP contribution in [0.15, 0.2) is 22.8 Å². The normalized spacial score (nSPS) is 15.5. The van der Waals surface area contributed by atoms with Gasteiger partial charge < -0.3 is 9.32 Å². The van der Waals surface area contributed by atoms with Crippen molar-refractivity contribution in [3.8, 4) is 0 Å². The molecule has 0 unspecified atom stereocenters. The average Bonchev–Trinajstić information content (AvgIpc) is 2.92. The molecular weight excluding hydrogens is 246 g/mol. The summed E-state index contributed by atoms with van der Waals surface area (Å²) in [7, 11) is 0. The highest BCUT2D eigenvalue weighted by atomic mass is 79.9. The first kappa shape index (κ1) is 9.77. The van der Waals surface area contributed by atoms with E-state index >= 15 is 0 Å². The molecule has 0 aromatic carbocycles. The summed E-state index contributed by atoms with van der Waals surface area (Å²) in [6, 6.07) is 4.18. The fourth-order valence-electron chi connectivity index (χ4n) is 1.45. The molecule has 2 rings (SSSR count). The molecule has 0 radical (unpaired) electrons. The van der Waals surface area contributed by atoms with Crippen LogP contribution >= 0.6 is 15.9 Å². The summed E-state index contributed by atoms with van der Waals surface area (Å²) in [5, 5.41) is 0.393. The molecule has 1 fully saturated rings. The Morgan fingerprint density at radius 1 is 1.64 bits per heavy atom. The zero-order valence-electron chi connectivity index (χ0n) is 7.78. The molecule has 1 saturated carbocycles. The Morgan fingerprint density at radius 3 is 2.93 bits per heavy atom. The van der Waals surface area contributed by atoms with E-state index in [-0.39, 0.29) is 5.91 Å². The van der Waals surface area contributed by atoms with Crippen LogP contribution in [-0.4, -0.2) is 22.2 Å². The molecule has 1 aliphatic carbocycles. The number of hydrogen-bond acceptors (Lipinski definition) is 2. The van der Waals surface area contributed by atoms with Crippen LogP contribution in [0, 0.1) is 0 Å². The van der Waals surface area contributed by atoms with E-state index < -0.39 is 0 Å². The molecule has 0 bridgehead atoms. The molecule has 0 spiro atoms. The monoisotopic (exact) mass is 257 g/mol. The van der Waals surface area contributed by atoms with Crippen molar-refractivity contribution >= 4 is 21.8 Å². The van der Waals surface area contributed by atoms with Crippen LogP contribution in [0.3, 0.4) is 0 Å². The molecule has 76 valence electrons. The highest BCUT2D eigenvalue weighted by molar-refractivity contribution is 9.09. The molecule has 0 aliphatic heterocycles. The molecule has 14 heavy (non-hydrogen) atoms. The van der Waals surface area contributed by atoms with Crippen molar-refractivity contribution in [2.45, 2.75) is 25.4 Å². The number of halogens is 1. The van der Waals surface area contributed by atoms with E-state index in [1.165, 1.54) is 0 Å². The summed E-state index contributed by atoms with van der Waals surface area (Å²) in [5.74, 6) is 0.995. The zero-order chi connectivity index (χ0) is 9.97. The second-order valence-corrected chi connectivity index (χ2v) is 4.03. The summed E-state index contributed by atoms with van der Waals surface area (Å²) < 4.78 is 5.23. The van der Waals surface area contributed by atoms with Crippen molar-refractivity contribution in [2.75, 3.05) is 5.33 Å². The van der Waals surface area contributed by atoms with Crippen LogP contribution in [0.1, 0.15) is 18.6 Å². The van der Waals surface area contributed by atoms with Gasteiger partial charge in [0, 0.05) is 6.04 Å². The van der Waals surface area contributed by atoms with Gasteiger partial charge in [0.1, 0.15) is 5.76 Å². The minimum absolute atomic E-state index is 0.143. The van der Waals surface area contributed by atoms with Gasteiger partial charge in [-0.1, -0.05) is 15.9 Å². The molecule has 3 nitrogen and oxygen atoms in total. The lowest BCUT2D eigenvalue weighted by Gasteiger charge is -2.19. The lowest BCUT2D eigenvalue weighted by Crippen LogP contribution is -2.33. The van der Waals surface area contributed by atoms with Crippen molar-refractivity contribution in [2.24, 2.45) is 0 Å². The average molecular weight is 258 g/mol. The SMILES string of the molecule is O=C(CBr)N(Cc1ccco1)C1CC1. The van der Waals surface area contributed by atoms with Gasteiger partial charge in [0.05, 0.1) is 18.1 Å². The third-order valence-corrected chi connectivity index (χ3v) is 2.81. The molecule has 1 aliphatic rings. The summed E-state index contributed by atoms with van der Waals surface area (Å²) in [6.45, 7) is 0.599. The molecule has 0 saturated heterocycles. The fraction of sp³-hybridized carbons (Fsp3) is 0.500. The Hall–Kier alpha value is -0.770. The first-order valence-corrected chi connectivity index (χ1v) is 5.81. The van der Waals surface area contributed by atoms with Crippen LogP contribution < -0.4 is 0 Å². The standard InChI is InChI=1S/C10H12BrNO2/c11-6-10(13)12(8-3-4-8)7-9-2-1-5-14-9/h1-2,5,8H,3-4,6-7H2.